The van der Waals surface area contributed by atoms with Crippen LogP contribution in [-0.2, 0) is 14.4 Å². The van der Waals surface area contributed by atoms with Crippen LogP contribution in [0.4, 0.5) is 11.4 Å². The number of thioether (sulfide) groups is 1. The van der Waals surface area contributed by atoms with Crippen molar-refractivity contribution >= 4 is 40.9 Å². The fourth-order valence-corrected chi connectivity index (χ4v) is 3.25. The zero-order valence-corrected chi connectivity index (χ0v) is 16.0. The predicted molar refractivity (Wildman–Crippen MR) is 107 cm³/mol. The van der Waals surface area contributed by atoms with Crippen molar-refractivity contribution < 1.29 is 19.5 Å². The Morgan fingerprint density at radius 1 is 0.963 bits per heavy atom. The third-order valence-corrected chi connectivity index (χ3v) is 4.98. The summed E-state index contributed by atoms with van der Waals surface area (Å²) < 4.78 is 0. The summed E-state index contributed by atoms with van der Waals surface area (Å²) in [6, 6.07) is 14.7. The Labute approximate surface area is 162 Å². The third kappa shape index (κ3) is 6.45. The van der Waals surface area contributed by atoms with Gasteiger partial charge < -0.3 is 15.7 Å². The molecule has 0 heterocycles. The summed E-state index contributed by atoms with van der Waals surface area (Å²) >= 11 is 1.33. The molecule has 1 atom stereocenters. The zero-order valence-electron chi connectivity index (χ0n) is 15.2. The number of carboxylic acid groups (broad SMARTS) is 1. The molecule has 0 aromatic heterocycles. The molecule has 0 aliphatic rings. The van der Waals surface area contributed by atoms with Crippen molar-refractivity contribution in [2.24, 2.45) is 0 Å². The van der Waals surface area contributed by atoms with Crippen LogP contribution in [0.5, 0.6) is 0 Å². The van der Waals surface area contributed by atoms with E-state index in [2.05, 4.69) is 10.6 Å². The number of rotatable bonds is 8. The molecule has 0 bridgehead atoms. The maximum absolute atomic E-state index is 12.5. The number of para-hydroxylation sites is 2. The van der Waals surface area contributed by atoms with Crippen molar-refractivity contribution in [1.82, 2.24) is 0 Å². The molecule has 0 unspecified atom stereocenters. The lowest BCUT2D eigenvalue weighted by Crippen LogP contribution is -2.23. The van der Waals surface area contributed by atoms with Crippen LogP contribution in [0, 0.1) is 6.92 Å². The molecule has 2 aromatic rings. The first-order valence-electron chi connectivity index (χ1n) is 8.50. The van der Waals surface area contributed by atoms with E-state index in [0.717, 1.165) is 16.1 Å². The average Bonchev–Trinajstić information content (AvgIpc) is 2.63. The molecule has 0 saturated carbocycles. The Hall–Kier alpha value is -2.80. The van der Waals surface area contributed by atoms with Gasteiger partial charge in [-0.25, -0.2) is 0 Å². The largest absolute Gasteiger partial charge is 0.481 e. The molecule has 0 radical (unpaired) electrons. The van der Waals surface area contributed by atoms with Gasteiger partial charge in [-0.2, -0.15) is 0 Å². The van der Waals surface area contributed by atoms with Gasteiger partial charge in [0, 0.05) is 17.0 Å². The summed E-state index contributed by atoms with van der Waals surface area (Å²) in [5.41, 5.74) is 2.31. The van der Waals surface area contributed by atoms with E-state index < -0.39 is 5.97 Å². The topological polar surface area (TPSA) is 95.5 Å². The molecule has 27 heavy (non-hydrogen) atoms. The Kier molecular flexibility index (Phi) is 7.43. The minimum absolute atomic E-state index is 0.0995. The standard InChI is InChI=1S/C20H22N2O4S/c1-13-7-3-4-8-15(13)22-20(26)14(2)27-17-10-6-5-9-16(17)21-18(23)11-12-19(24)25/h3-10,14H,11-12H2,1-2H3,(H,21,23)(H,22,26)(H,24,25)/t14-/m1/s1. The second kappa shape index (κ2) is 9.78. The van der Waals surface area contributed by atoms with Crippen LogP contribution < -0.4 is 10.6 Å². The lowest BCUT2D eigenvalue weighted by Gasteiger charge is -2.16. The van der Waals surface area contributed by atoms with E-state index in [-0.39, 0.29) is 29.9 Å². The summed E-state index contributed by atoms with van der Waals surface area (Å²) in [6.45, 7) is 3.72. The fourth-order valence-electron chi connectivity index (χ4n) is 2.30. The van der Waals surface area contributed by atoms with E-state index in [1.807, 2.05) is 43.3 Å². The monoisotopic (exact) mass is 386 g/mol. The van der Waals surface area contributed by atoms with E-state index in [9.17, 15) is 14.4 Å². The highest BCUT2D eigenvalue weighted by Gasteiger charge is 2.17. The van der Waals surface area contributed by atoms with Gasteiger partial charge in [0.25, 0.3) is 0 Å². The molecule has 0 fully saturated rings. The Morgan fingerprint density at radius 3 is 2.26 bits per heavy atom. The first-order chi connectivity index (χ1) is 12.9. The van der Waals surface area contributed by atoms with Gasteiger partial charge in [0.05, 0.1) is 17.4 Å². The number of nitrogens with one attached hydrogen (secondary N) is 2. The number of benzene rings is 2. The summed E-state index contributed by atoms with van der Waals surface area (Å²) in [5, 5.41) is 13.9. The van der Waals surface area contributed by atoms with E-state index >= 15 is 0 Å². The molecule has 0 saturated heterocycles. The number of aryl methyl sites for hydroxylation is 1. The zero-order chi connectivity index (χ0) is 19.8. The van der Waals surface area contributed by atoms with Crippen LogP contribution in [0.25, 0.3) is 0 Å². The van der Waals surface area contributed by atoms with E-state index in [1.54, 1.807) is 19.1 Å². The van der Waals surface area contributed by atoms with Crippen molar-refractivity contribution in [2.75, 3.05) is 10.6 Å². The molecule has 0 spiro atoms. The number of carboxylic acids is 1. The maximum atomic E-state index is 12.5. The van der Waals surface area contributed by atoms with Gasteiger partial charge in [-0.05, 0) is 37.6 Å². The van der Waals surface area contributed by atoms with Crippen molar-refractivity contribution in [1.29, 1.82) is 0 Å². The maximum Gasteiger partial charge on any atom is 0.303 e. The van der Waals surface area contributed by atoms with Gasteiger partial charge >= 0.3 is 5.97 Å². The van der Waals surface area contributed by atoms with Crippen LogP contribution in [0.3, 0.4) is 0 Å². The van der Waals surface area contributed by atoms with Gasteiger partial charge in [0.2, 0.25) is 11.8 Å². The molecule has 0 aliphatic heterocycles. The van der Waals surface area contributed by atoms with Crippen LogP contribution in [-0.4, -0.2) is 28.1 Å². The first-order valence-corrected chi connectivity index (χ1v) is 9.38. The number of carbonyl (C=O) groups is 3. The molecule has 0 aliphatic carbocycles. The summed E-state index contributed by atoms with van der Waals surface area (Å²) in [5.74, 6) is -1.53. The third-order valence-electron chi connectivity index (χ3n) is 3.80. The molecule has 7 heteroatoms. The van der Waals surface area contributed by atoms with Crippen molar-refractivity contribution in [3.63, 3.8) is 0 Å². The molecule has 142 valence electrons. The van der Waals surface area contributed by atoms with Gasteiger partial charge in [0.15, 0.2) is 0 Å². The Bertz CT molecular complexity index is 838. The summed E-state index contributed by atoms with van der Waals surface area (Å²) in [7, 11) is 0. The van der Waals surface area contributed by atoms with Gasteiger partial charge in [0.1, 0.15) is 0 Å². The smallest absolute Gasteiger partial charge is 0.303 e. The molecule has 2 aromatic carbocycles. The van der Waals surface area contributed by atoms with Crippen LogP contribution in [0.15, 0.2) is 53.4 Å². The molecular formula is C20H22N2O4S. The van der Waals surface area contributed by atoms with Gasteiger partial charge in [-0.3, -0.25) is 14.4 Å². The predicted octanol–water partition coefficient (Wildman–Crippen LogP) is 3.92. The first kappa shape index (κ1) is 20.5. The van der Waals surface area contributed by atoms with Crippen molar-refractivity contribution in [3.05, 3.63) is 54.1 Å². The molecule has 3 N–H and O–H groups in total. The van der Waals surface area contributed by atoms with Crippen LogP contribution in [0.1, 0.15) is 25.3 Å². The van der Waals surface area contributed by atoms with E-state index in [0.29, 0.717) is 5.69 Å². The molecular weight excluding hydrogens is 364 g/mol. The number of anilines is 2. The number of aliphatic carboxylic acids is 1. The molecule has 2 amide bonds. The van der Waals surface area contributed by atoms with Crippen LogP contribution >= 0.6 is 11.8 Å². The average molecular weight is 386 g/mol. The number of hydrogen-bond donors (Lipinski definition) is 3. The molecule has 2 rings (SSSR count). The second-order valence-corrected chi connectivity index (χ2v) is 7.38. The highest BCUT2D eigenvalue weighted by Crippen LogP contribution is 2.31. The second-order valence-electron chi connectivity index (χ2n) is 6.00. The highest BCUT2D eigenvalue weighted by atomic mass is 32.2. The van der Waals surface area contributed by atoms with E-state index in [4.69, 9.17) is 5.11 Å². The van der Waals surface area contributed by atoms with Gasteiger partial charge in [-0.1, -0.05) is 30.3 Å². The fraction of sp³-hybridized carbons (Fsp3) is 0.250. The summed E-state index contributed by atoms with van der Waals surface area (Å²) in [4.78, 5) is 35.7. The van der Waals surface area contributed by atoms with E-state index in [1.165, 1.54) is 11.8 Å². The minimum atomic E-state index is -1.02. The van der Waals surface area contributed by atoms with Gasteiger partial charge in [-0.15, -0.1) is 11.8 Å². The van der Waals surface area contributed by atoms with Crippen molar-refractivity contribution in [2.45, 2.75) is 36.8 Å². The minimum Gasteiger partial charge on any atom is -0.481 e. The molecule has 6 nitrogen and oxygen atoms in total. The quantitative estimate of drug-likeness (QED) is 0.598. The number of carbonyl (C=O) groups excluding carboxylic acids is 2. The number of amides is 2. The normalized spacial score (nSPS) is 11.5. The Balaban J connectivity index is 2.01. The highest BCUT2D eigenvalue weighted by molar-refractivity contribution is 8.00. The van der Waals surface area contributed by atoms with Crippen molar-refractivity contribution in [3.8, 4) is 0 Å². The summed E-state index contributed by atoms with van der Waals surface area (Å²) in [6.07, 6.45) is -0.325. The van der Waals surface area contributed by atoms with Crippen LogP contribution in [0.2, 0.25) is 0 Å². The lowest BCUT2D eigenvalue weighted by atomic mass is 10.2. The SMILES string of the molecule is Cc1ccccc1NC(=O)[C@@H](C)Sc1ccccc1NC(=O)CCC(=O)O. The number of hydrogen-bond acceptors (Lipinski definition) is 4. The Morgan fingerprint density at radius 2 is 1.59 bits per heavy atom. The lowest BCUT2D eigenvalue weighted by molar-refractivity contribution is -0.138.